The van der Waals surface area contributed by atoms with Gasteiger partial charge in [0.1, 0.15) is 5.82 Å². The Balaban J connectivity index is 2.16. The molecule has 0 aliphatic heterocycles. The third kappa shape index (κ3) is 2.67. The largest absolute Gasteiger partial charge is 0.494 e. The Morgan fingerprint density at radius 3 is 2.14 bits per heavy atom. The van der Waals surface area contributed by atoms with Crippen molar-refractivity contribution in [2.45, 2.75) is 0 Å². The number of aromatic nitrogens is 2. The fourth-order valence-electron chi connectivity index (χ4n) is 2.03. The summed E-state index contributed by atoms with van der Waals surface area (Å²) in [5.41, 5.74) is 2.24. The molecule has 0 aliphatic rings. The summed E-state index contributed by atoms with van der Waals surface area (Å²) in [6, 6.07) is 6.88. The minimum absolute atomic E-state index is 0.413. The van der Waals surface area contributed by atoms with Crippen molar-refractivity contribution < 1.29 is 4.74 Å². The summed E-state index contributed by atoms with van der Waals surface area (Å²) >= 11 is 24.3. The summed E-state index contributed by atoms with van der Waals surface area (Å²) in [6.45, 7) is 0. The molecule has 0 aliphatic carbocycles. The van der Waals surface area contributed by atoms with E-state index in [1.54, 1.807) is 24.3 Å². The van der Waals surface area contributed by atoms with Crippen LogP contribution >= 0.6 is 46.4 Å². The number of hydrogen-bond acceptors (Lipinski definition) is 2. The fraction of sp³-hybridized carbons (Fsp3) is 0.0714. The number of H-pyrrole nitrogens is 1. The third-order valence-corrected chi connectivity index (χ3v) is 4.28. The number of methoxy groups -OCH3 is 1. The molecule has 0 bridgehead atoms. The molecular weight excluding hydrogens is 354 g/mol. The maximum Gasteiger partial charge on any atom is 0.156 e. The number of nitrogens with zero attached hydrogens (tertiary/aromatic N) is 1. The Morgan fingerprint density at radius 2 is 1.52 bits per heavy atom. The first-order valence-corrected chi connectivity index (χ1v) is 7.39. The van der Waals surface area contributed by atoms with Gasteiger partial charge in [0.25, 0.3) is 0 Å². The molecule has 1 N–H and O–H groups in total. The van der Waals surface area contributed by atoms with Gasteiger partial charge in [-0.2, -0.15) is 0 Å². The molecule has 0 amide bonds. The Bertz CT molecular complexity index is 782. The van der Waals surface area contributed by atoms with E-state index in [9.17, 15) is 0 Å². The zero-order chi connectivity index (χ0) is 15.1. The van der Waals surface area contributed by atoms with E-state index in [4.69, 9.17) is 51.1 Å². The van der Waals surface area contributed by atoms with Gasteiger partial charge in [0, 0.05) is 5.56 Å². The molecule has 3 nitrogen and oxygen atoms in total. The summed E-state index contributed by atoms with van der Waals surface area (Å²) in [5.74, 6) is 1.05. The molecule has 0 fully saturated rings. The van der Waals surface area contributed by atoms with E-state index in [-0.39, 0.29) is 0 Å². The van der Waals surface area contributed by atoms with E-state index in [0.717, 1.165) is 11.1 Å². The second kappa shape index (κ2) is 5.58. The summed E-state index contributed by atoms with van der Waals surface area (Å²) in [6.07, 6.45) is 0. The van der Waals surface area contributed by atoms with E-state index in [1.807, 2.05) is 0 Å². The summed E-state index contributed by atoms with van der Waals surface area (Å²) in [7, 11) is 1.51. The molecule has 0 spiro atoms. The zero-order valence-corrected chi connectivity index (χ0v) is 13.7. The van der Waals surface area contributed by atoms with Crippen molar-refractivity contribution in [1.82, 2.24) is 9.97 Å². The first-order valence-electron chi connectivity index (χ1n) is 5.87. The van der Waals surface area contributed by atoms with E-state index in [2.05, 4.69) is 9.97 Å². The van der Waals surface area contributed by atoms with Crippen molar-refractivity contribution in [3.8, 4) is 17.1 Å². The average molecular weight is 362 g/mol. The molecular formula is C14H8Cl4N2O. The standard InChI is InChI=1S/C14H8Cl4N2O/c1-21-13-9(17)2-6(3-10(13)18)14-19-11-4-7(15)8(16)5-12(11)20-14/h2-5H,1H3,(H,19,20). The number of halogens is 4. The summed E-state index contributed by atoms with van der Waals surface area (Å²) in [5, 5.41) is 1.74. The van der Waals surface area contributed by atoms with Gasteiger partial charge in [0.05, 0.1) is 38.2 Å². The first-order chi connectivity index (χ1) is 9.99. The highest BCUT2D eigenvalue weighted by Crippen LogP contribution is 2.37. The minimum atomic E-state index is 0.413. The maximum atomic E-state index is 6.14. The zero-order valence-electron chi connectivity index (χ0n) is 10.7. The molecule has 7 heteroatoms. The van der Waals surface area contributed by atoms with E-state index >= 15 is 0 Å². The maximum absolute atomic E-state index is 6.14. The molecule has 1 aromatic heterocycles. The molecule has 2 aromatic carbocycles. The van der Waals surface area contributed by atoms with Crippen molar-refractivity contribution in [3.05, 3.63) is 44.4 Å². The van der Waals surface area contributed by atoms with Gasteiger partial charge in [-0.1, -0.05) is 46.4 Å². The van der Waals surface area contributed by atoms with Crippen LogP contribution in [0.1, 0.15) is 0 Å². The Morgan fingerprint density at radius 1 is 0.905 bits per heavy atom. The van der Waals surface area contributed by atoms with Crippen molar-refractivity contribution in [1.29, 1.82) is 0 Å². The number of imidazole rings is 1. The highest BCUT2D eigenvalue weighted by Gasteiger charge is 2.13. The number of benzene rings is 2. The molecule has 0 saturated carbocycles. The van der Waals surface area contributed by atoms with Gasteiger partial charge in [-0.25, -0.2) is 4.98 Å². The molecule has 0 unspecified atom stereocenters. The number of hydrogen-bond donors (Lipinski definition) is 1. The van der Waals surface area contributed by atoms with Crippen molar-refractivity contribution in [3.63, 3.8) is 0 Å². The van der Waals surface area contributed by atoms with Gasteiger partial charge in [-0.15, -0.1) is 0 Å². The van der Waals surface area contributed by atoms with Crippen LogP contribution in [0.4, 0.5) is 0 Å². The topological polar surface area (TPSA) is 37.9 Å². The Labute approximate surface area is 140 Å². The van der Waals surface area contributed by atoms with Gasteiger partial charge >= 0.3 is 0 Å². The number of rotatable bonds is 2. The van der Waals surface area contributed by atoms with Gasteiger partial charge in [-0.3, -0.25) is 0 Å². The Kier molecular flexibility index (Phi) is 3.93. The van der Waals surface area contributed by atoms with Crippen LogP contribution in [0.15, 0.2) is 24.3 Å². The summed E-state index contributed by atoms with van der Waals surface area (Å²) in [4.78, 5) is 7.63. The van der Waals surface area contributed by atoms with Crippen LogP contribution in [0.5, 0.6) is 5.75 Å². The van der Waals surface area contributed by atoms with Gasteiger partial charge in [0.15, 0.2) is 5.75 Å². The smallest absolute Gasteiger partial charge is 0.156 e. The third-order valence-electron chi connectivity index (χ3n) is 3.00. The van der Waals surface area contributed by atoms with Crippen LogP contribution in [-0.2, 0) is 0 Å². The SMILES string of the molecule is COc1c(Cl)cc(-c2nc3cc(Cl)c(Cl)cc3[nH]2)cc1Cl. The van der Waals surface area contributed by atoms with Crippen molar-refractivity contribution in [2.75, 3.05) is 7.11 Å². The highest BCUT2D eigenvalue weighted by atomic mass is 35.5. The lowest BCUT2D eigenvalue weighted by Crippen LogP contribution is -1.88. The molecule has 3 aromatic rings. The number of aromatic amines is 1. The van der Waals surface area contributed by atoms with Crippen LogP contribution in [-0.4, -0.2) is 17.1 Å². The van der Waals surface area contributed by atoms with Crippen LogP contribution in [0.25, 0.3) is 22.4 Å². The highest BCUT2D eigenvalue weighted by molar-refractivity contribution is 6.42. The van der Waals surface area contributed by atoms with E-state index in [1.165, 1.54) is 7.11 Å². The quantitative estimate of drug-likeness (QED) is 0.621. The lowest BCUT2D eigenvalue weighted by Gasteiger charge is -2.07. The van der Waals surface area contributed by atoms with Crippen molar-refractivity contribution >= 4 is 57.4 Å². The monoisotopic (exact) mass is 360 g/mol. The summed E-state index contributed by atoms with van der Waals surface area (Å²) < 4.78 is 5.13. The van der Waals surface area contributed by atoms with Gasteiger partial charge in [-0.05, 0) is 24.3 Å². The first kappa shape index (κ1) is 14.8. The van der Waals surface area contributed by atoms with E-state index < -0.39 is 0 Å². The fourth-order valence-corrected chi connectivity index (χ4v) is 3.00. The molecule has 1 heterocycles. The van der Waals surface area contributed by atoms with Crippen molar-refractivity contribution in [2.24, 2.45) is 0 Å². The van der Waals surface area contributed by atoms with Gasteiger partial charge < -0.3 is 9.72 Å². The minimum Gasteiger partial charge on any atom is -0.494 e. The van der Waals surface area contributed by atoms with E-state index in [0.29, 0.717) is 37.2 Å². The molecule has 3 rings (SSSR count). The predicted molar refractivity (Wildman–Crippen MR) is 88.1 cm³/mol. The van der Waals surface area contributed by atoms with Crippen LogP contribution in [0.2, 0.25) is 20.1 Å². The lowest BCUT2D eigenvalue weighted by atomic mass is 10.2. The second-order valence-corrected chi connectivity index (χ2v) is 5.97. The number of fused-ring (bicyclic) bond motifs is 1. The number of nitrogens with one attached hydrogen (secondary N) is 1. The molecule has 0 radical (unpaired) electrons. The average Bonchev–Trinajstić information content (AvgIpc) is 2.82. The molecule has 0 atom stereocenters. The lowest BCUT2D eigenvalue weighted by molar-refractivity contribution is 0.415. The second-order valence-electron chi connectivity index (χ2n) is 4.34. The molecule has 21 heavy (non-hydrogen) atoms. The van der Waals surface area contributed by atoms with Crippen LogP contribution in [0, 0.1) is 0 Å². The molecule has 108 valence electrons. The van der Waals surface area contributed by atoms with Gasteiger partial charge in [0.2, 0.25) is 0 Å². The van der Waals surface area contributed by atoms with Crippen LogP contribution < -0.4 is 4.74 Å². The number of ether oxygens (including phenoxy) is 1. The molecule has 0 saturated heterocycles. The normalized spacial score (nSPS) is 11.1. The van der Waals surface area contributed by atoms with Crippen LogP contribution in [0.3, 0.4) is 0 Å². The predicted octanol–water partition coefficient (Wildman–Crippen LogP) is 5.85. The Hall–Kier alpha value is -1.13.